The molecule has 1 heterocycles. The highest BCUT2D eigenvalue weighted by molar-refractivity contribution is 9.25. The Hall–Kier alpha value is -2.02. The predicted molar refractivity (Wildman–Crippen MR) is 137 cm³/mol. The minimum atomic E-state index is -3.61. The molecule has 182 valence electrons. The van der Waals surface area contributed by atoms with Crippen LogP contribution < -0.4 is 10.2 Å². The summed E-state index contributed by atoms with van der Waals surface area (Å²) in [4.78, 5) is 31.8. The number of amides is 3. The molecular formula is C21H20Br2ClFN4O4S. The number of para-hydroxylation sites is 2. The van der Waals surface area contributed by atoms with Crippen LogP contribution in [0.5, 0.6) is 0 Å². The third kappa shape index (κ3) is 5.14. The summed E-state index contributed by atoms with van der Waals surface area (Å²) in [5.41, 5.74) is 0.0620. The van der Waals surface area contributed by atoms with Crippen LogP contribution in [-0.2, 0) is 14.6 Å². The van der Waals surface area contributed by atoms with Gasteiger partial charge in [-0.15, -0.1) is 11.6 Å². The lowest BCUT2D eigenvalue weighted by Crippen LogP contribution is -2.41. The van der Waals surface area contributed by atoms with Crippen LogP contribution in [0.3, 0.4) is 0 Å². The Balaban J connectivity index is 2.16. The van der Waals surface area contributed by atoms with Crippen LogP contribution >= 0.6 is 43.5 Å². The van der Waals surface area contributed by atoms with Gasteiger partial charge >= 0.3 is 6.03 Å². The van der Waals surface area contributed by atoms with E-state index in [1.54, 1.807) is 18.2 Å². The highest BCUT2D eigenvalue weighted by atomic mass is 79.9. The molecule has 0 aromatic heterocycles. The number of carbonyl (C=O) groups excluding carboxylic acids is 2. The zero-order valence-corrected chi connectivity index (χ0v) is 22.7. The van der Waals surface area contributed by atoms with Gasteiger partial charge in [-0.1, -0.05) is 63.0 Å². The van der Waals surface area contributed by atoms with Gasteiger partial charge in [-0.25, -0.2) is 27.5 Å². The van der Waals surface area contributed by atoms with Crippen LogP contribution in [0.4, 0.5) is 20.6 Å². The highest BCUT2D eigenvalue weighted by Crippen LogP contribution is 2.37. The molecule has 1 fully saturated rings. The molecule has 0 aliphatic carbocycles. The first-order valence-electron chi connectivity index (χ1n) is 9.91. The largest absolute Gasteiger partial charge is 0.361 e. The highest BCUT2D eigenvalue weighted by Gasteiger charge is 2.44. The first-order valence-corrected chi connectivity index (χ1v) is 13.7. The molecule has 3 amide bonds. The van der Waals surface area contributed by atoms with E-state index in [9.17, 15) is 22.4 Å². The van der Waals surface area contributed by atoms with Gasteiger partial charge in [0.2, 0.25) is 5.84 Å². The minimum Gasteiger partial charge on any atom is -0.361 e. The zero-order valence-electron chi connectivity index (χ0n) is 18.0. The van der Waals surface area contributed by atoms with Gasteiger partial charge < -0.3 is 5.32 Å². The maximum Gasteiger partial charge on any atom is 0.337 e. The van der Waals surface area contributed by atoms with Gasteiger partial charge in [-0.05, 0) is 24.3 Å². The molecule has 34 heavy (non-hydrogen) atoms. The van der Waals surface area contributed by atoms with Gasteiger partial charge in [-0.2, -0.15) is 0 Å². The van der Waals surface area contributed by atoms with Gasteiger partial charge in [0, 0.05) is 7.05 Å². The second-order valence-corrected chi connectivity index (χ2v) is 13.6. The lowest BCUT2D eigenvalue weighted by molar-refractivity contribution is -0.119. The van der Waals surface area contributed by atoms with Crippen LogP contribution in [0.2, 0.25) is 0 Å². The fourth-order valence-electron chi connectivity index (χ4n) is 3.12. The number of nitrogens with zero attached hydrogens (tertiary/aromatic N) is 3. The molecule has 2 aromatic rings. The van der Waals surface area contributed by atoms with Gasteiger partial charge in [-0.3, -0.25) is 9.69 Å². The fraction of sp³-hybridized carbons (Fsp3) is 0.286. The molecule has 1 aliphatic heterocycles. The van der Waals surface area contributed by atoms with Crippen molar-refractivity contribution < 1.29 is 22.4 Å². The normalized spacial score (nSPS) is 16.9. The molecule has 1 aliphatic rings. The average Bonchev–Trinajstić information content (AvgIpc) is 3.02. The summed E-state index contributed by atoms with van der Waals surface area (Å²) in [6.45, 7) is 1.52. The number of amidine groups is 1. The molecule has 1 saturated heterocycles. The number of nitrogens with one attached hydrogen (secondary N) is 1. The quantitative estimate of drug-likeness (QED) is 0.337. The van der Waals surface area contributed by atoms with Crippen molar-refractivity contribution in [2.75, 3.05) is 28.9 Å². The topological polar surface area (TPSA) is 99.1 Å². The van der Waals surface area contributed by atoms with Crippen LogP contribution in [0.1, 0.15) is 6.92 Å². The number of sulfone groups is 1. The molecule has 1 atom stereocenters. The minimum absolute atomic E-state index is 0.0324. The number of benzene rings is 2. The summed E-state index contributed by atoms with van der Waals surface area (Å²) in [5, 5.41) is 3.00. The summed E-state index contributed by atoms with van der Waals surface area (Å²) in [6.07, 6.45) is -1.11. The van der Waals surface area contributed by atoms with E-state index in [1.165, 1.54) is 38.2 Å². The van der Waals surface area contributed by atoms with E-state index in [1.807, 2.05) is 0 Å². The van der Waals surface area contributed by atoms with E-state index < -0.39 is 37.0 Å². The third-order valence-corrected chi connectivity index (χ3v) is 9.28. The van der Waals surface area contributed by atoms with E-state index in [0.29, 0.717) is 0 Å². The van der Waals surface area contributed by atoms with Gasteiger partial charge in [0.05, 0.1) is 27.9 Å². The van der Waals surface area contributed by atoms with Crippen molar-refractivity contribution in [1.29, 1.82) is 0 Å². The van der Waals surface area contributed by atoms with Crippen LogP contribution in [0.25, 0.3) is 0 Å². The number of hydrogen-bond acceptors (Lipinski definition) is 6. The second kappa shape index (κ2) is 10.3. The van der Waals surface area contributed by atoms with E-state index in [-0.39, 0.29) is 33.7 Å². The molecule has 0 spiro atoms. The Morgan fingerprint density at radius 3 is 2.38 bits per heavy atom. The van der Waals surface area contributed by atoms with Crippen LogP contribution in [0, 0.1) is 5.82 Å². The number of halogens is 4. The van der Waals surface area contributed by atoms with Crippen molar-refractivity contribution in [1.82, 2.24) is 4.90 Å². The van der Waals surface area contributed by atoms with Crippen molar-refractivity contribution in [2.24, 2.45) is 4.99 Å². The summed E-state index contributed by atoms with van der Waals surface area (Å²) >= 11 is 12.9. The molecule has 0 bridgehead atoms. The Kier molecular flexibility index (Phi) is 8.06. The molecule has 0 radical (unpaired) electrons. The maximum atomic E-state index is 14.5. The second-order valence-electron chi connectivity index (χ2n) is 7.23. The molecule has 1 unspecified atom stereocenters. The summed E-state index contributed by atoms with van der Waals surface area (Å²) < 4.78 is 38.6. The number of aliphatic imine (C=N–C) groups is 1. The van der Waals surface area contributed by atoms with Crippen LogP contribution in [0.15, 0.2) is 58.4 Å². The zero-order chi connectivity index (χ0) is 25.3. The number of alkyl halides is 3. The third-order valence-electron chi connectivity index (χ3n) is 5.00. The lowest BCUT2D eigenvalue weighted by Gasteiger charge is -2.29. The number of carbonyl (C=O) groups is 2. The number of hydrogen-bond donors (Lipinski definition) is 1. The van der Waals surface area contributed by atoms with E-state index in [2.05, 4.69) is 42.2 Å². The first-order chi connectivity index (χ1) is 15.9. The first kappa shape index (κ1) is 26.6. The van der Waals surface area contributed by atoms with Crippen molar-refractivity contribution in [3.8, 4) is 0 Å². The molecule has 1 N–H and O–H groups in total. The van der Waals surface area contributed by atoms with Crippen LogP contribution in [-0.4, -0.2) is 59.2 Å². The van der Waals surface area contributed by atoms with E-state index >= 15 is 0 Å². The predicted octanol–water partition coefficient (Wildman–Crippen LogP) is 4.58. The molecule has 8 nitrogen and oxygen atoms in total. The Bertz CT molecular complexity index is 1260. The van der Waals surface area contributed by atoms with Crippen molar-refractivity contribution in [3.63, 3.8) is 0 Å². The number of anilines is 2. The standard InChI is InChI=1S/C21H20Br2ClFN4O4S/c1-3-34(32,33)16-11-7-5-9-14(16)26-19(21(22,23)12-24)27-17-18(30)28(2)20(31)29(17)15-10-6-4-8-13(15)25/h4-11,19,26H,3,12H2,1-2H3. The molecule has 0 saturated carbocycles. The number of rotatable bonds is 8. The van der Waals surface area contributed by atoms with Crippen molar-refractivity contribution in [2.45, 2.75) is 21.2 Å². The van der Waals surface area contributed by atoms with Gasteiger partial charge in [0.1, 0.15) is 15.2 Å². The lowest BCUT2D eigenvalue weighted by atomic mass is 10.2. The SMILES string of the molecule is CCS(=O)(=O)c1ccccc1NC(N=C1C(=O)N(C)C(=O)N1c1ccccc1F)C(Br)(Br)CCl. The molecule has 2 aromatic carbocycles. The summed E-state index contributed by atoms with van der Waals surface area (Å²) in [5.74, 6) is -2.06. The smallest absolute Gasteiger partial charge is 0.337 e. The van der Waals surface area contributed by atoms with E-state index in [0.717, 1.165) is 15.9 Å². The fourth-order valence-corrected chi connectivity index (χ4v) is 4.76. The number of likely N-dealkylation sites (N-methyl/N-ethyl adjacent to an activating group) is 1. The summed E-state index contributed by atoms with van der Waals surface area (Å²) in [6, 6.07) is 10.9. The number of urea groups is 1. The van der Waals surface area contributed by atoms with E-state index in [4.69, 9.17) is 11.6 Å². The molecule has 3 rings (SSSR count). The average molecular weight is 639 g/mol. The van der Waals surface area contributed by atoms with Gasteiger partial charge in [0.15, 0.2) is 9.84 Å². The monoisotopic (exact) mass is 636 g/mol. The van der Waals surface area contributed by atoms with Gasteiger partial charge in [0.25, 0.3) is 5.91 Å². The maximum absolute atomic E-state index is 14.5. The van der Waals surface area contributed by atoms with Crippen molar-refractivity contribution in [3.05, 3.63) is 54.3 Å². The Morgan fingerprint density at radius 1 is 1.15 bits per heavy atom. The number of imide groups is 1. The molecule has 13 heteroatoms. The Morgan fingerprint density at radius 2 is 1.76 bits per heavy atom. The van der Waals surface area contributed by atoms with Crippen molar-refractivity contribution >= 4 is 82.4 Å². The Labute approximate surface area is 218 Å². The molecular weight excluding hydrogens is 619 g/mol. The summed E-state index contributed by atoms with van der Waals surface area (Å²) in [7, 11) is -2.35.